The Kier molecular flexibility index (Phi) is 5.77. The van der Waals surface area contributed by atoms with Crippen LogP contribution in [0.25, 0.3) is 27.3 Å². The number of rotatable bonds is 6. The number of fused-ring (bicyclic) bond motifs is 1. The van der Waals surface area contributed by atoms with Crippen LogP contribution < -0.4 is 15.8 Å². The molecule has 0 saturated heterocycles. The third-order valence-electron chi connectivity index (χ3n) is 4.73. The zero-order valence-corrected chi connectivity index (χ0v) is 17.3. The number of amides is 1. The fourth-order valence-corrected chi connectivity index (χ4v) is 4.22. The third kappa shape index (κ3) is 4.18. The molecule has 2 aromatic heterocycles. The summed E-state index contributed by atoms with van der Waals surface area (Å²) in [6, 6.07) is 18.0. The van der Waals surface area contributed by atoms with Gasteiger partial charge in [0.1, 0.15) is 18.2 Å². The van der Waals surface area contributed by atoms with Crippen molar-refractivity contribution in [2.24, 2.45) is 0 Å². The van der Waals surface area contributed by atoms with Crippen molar-refractivity contribution in [3.05, 3.63) is 83.4 Å². The van der Waals surface area contributed by atoms with Gasteiger partial charge < -0.3 is 15.8 Å². The van der Waals surface area contributed by atoms with Crippen LogP contribution in [0.2, 0.25) is 0 Å². The molecular formula is C24H21N3O2S. The predicted molar refractivity (Wildman–Crippen MR) is 123 cm³/mol. The zero-order chi connectivity index (χ0) is 20.9. The Morgan fingerprint density at radius 1 is 1.17 bits per heavy atom. The third-order valence-corrected chi connectivity index (χ3v) is 5.76. The number of hydrogen-bond acceptors (Lipinski definition) is 5. The zero-order valence-electron chi connectivity index (χ0n) is 16.5. The van der Waals surface area contributed by atoms with E-state index in [2.05, 4.69) is 15.7 Å². The van der Waals surface area contributed by atoms with Crippen molar-refractivity contribution in [2.75, 3.05) is 12.8 Å². The summed E-state index contributed by atoms with van der Waals surface area (Å²) in [6.07, 6.45) is 4.94. The van der Waals surface area contributed by atoms with Crippen molar-refractivity contribution in [2.45, 2.75) is 6.61 Å². The van der Waals surface area contributed by atoms with Crippen molar-refractivity contribution >= 4 is 39.2 Å². The number of nitrogens with one attached hydrogen (secondary N) is 1. The lowest BCUT2D eigenvalue weighted by atomic mass is 10.0. The Hall–Kier alpha value is -3.64. The lowest BCUT2D eigenvalue weighted by Crippen LogP contribution is -2.13. The van der Waals surface area contributed by atoms with Gasteiger partial charge in [0.15, 0.2) is 0 Å². The normalized spacial score (nSPS) is 11.1. The highest BCUT2D eigenvalue weighted by Gasteiger charge is 2.13. The largest absolute Gasteiger partial charge is 0.489 e. The molecule has 3 N–H and O–H groups in total. The Morgan fingerprint density at radius 2 is 1.93 bits per heavy atom. The summed E-state index contributed by atoms with van der Waals surface area (Å²) in [5, 5.41) is 5.54. The first-order valence-corrected chi connectivity index (χ1v) is 10.4. The molecule has 0 aliphatic carbocycles. The number of aromatic nitrogens is 1. The molecule has 0 aliphatic rings. The van der Waals surface area contributed by atoms with Crippen molar-refractivity contribution in [3.8, 4) is 16.9 Å². The Morgan fingerprint density at radius 3 is 2.67 bits per heavy atom. The maximum absolute atomic E-state index is 11.5. The predicted octanol–water partition coefficient (Wildman–Crippen LogP) is 4.88. The lowest BCUT2D eigenvalue weighted by Gasteiger charge is -2.08. The lowest BCUT2D eigenvalue weighted by molar-refractivity contribution is -0.115. The molecule has 5 nitrogen and oxygen atoms in total. The first-order chi connectivity index (χ1) is 14.7. The van der Waals surface area contributed by atoms with Gasteiger partial charge >= 0.3 is 0 Å². The van der Waals surface area contributed by atoms with E-state index in [0.717, 1.165) is 38.1 Å². The number of thiophene rings is 1. The molecule has 0 fully saturated rings. The van der Waals surface area contributed by atoms with E-state index < -0.39 is 0 Å². The molecule has 0 saturated carbocycles. The number of nitrogens with zero attached hydrogens (tertiary/aromatic N) is 1. The molecule has 4 rings (SSSR count). The number of benzene rings is 2. The van der Waals surface area contributed by atoms with Gasteiger partial charge in [0.25, 0.3) is 0 Å². The first kappa shape index (κ1) is 19.7. The summed E-state index contributed by atoms with van der Waals surface area (Å²) < 4.78 is 6.88. The van der Waals surface area contributed by atoms with E-state index in [1.807, 2.05) is 54.6 Å². The quantitative estimate of drug-likeness (QED) is 0.440. The number of pyridine rings is 1. The average molecular weight is 416 g/mol. The van der Waals surface area contributed by atoms with E-state index in [-0.39, 0.29) is 5.91 Å². The second kappa shape index (κ2) is 8.80. The van der Waals surface area contributed by atoms with E-state index >= 15 is 0 Å². The summed E-state index contributed by atoms with van der Waals surface area (Å²) in [5.41, 5.74) is 10.2. The van der Waals surface area contributed by atoms with Crippen LogP contribution >= 0.6 is 11.3 Å². The minimum absolute atomic E-state index is 0.164. The number of carbonyl (C=O) groups is 1. The SMILES string of the molecule is CNC(=O)C=Cc1cnc(N)c2c(-c3ccc(OCc4ccccc4)cc3)csc12. The molecule has 6 heteroatoms. The van der Waals surface area contributed by atoms with E-state index in [1.165, 1.54) is 6.08 Å². The second-order valence-electron chi connectivity index (χ2n) is 6.70. The smallest absolute Gasteiger partial charge is 0.243 e. The fraction of sp³-hybridized carbons (Fsp3) is 0.0833. The summed E-state index contributed by atoms with van der Waals surface area (Å²) in [7, 11) is 1.60. The molecule has 2 aromatic carbocycles. The highest BCUT2D eigenvalue weighted by Crippen LogP contribution is 2.39. The van der Waals surface area contributed by atoms with Gasteiger partial charge in [0.2, 0.25) is 5.91 Å². The fourth-order valence-electron chi connectivity index (χ4n) is 3.14. The topological polar surface area (TPSA) is 77.2 Å². The molecule has 1 amide bonds. The van der Waals surface area contributed by atoms with Gasteiger partial charge in [-0.2, -0.15) is 0 Å². The van der Waals surface area contributed by atoms with Gasteiger partial charge in [-0.25, -0.2) is 4.98 Å². The highest BCUT2D eigenvalue weighted by molar-refractivity contribution is 7.18. The van der Waals surface area contributed by atoms with Gasteiger partial charge in [-0.15, -0.1) is 11.3 Å². The van der Waals surface area contributed by atoms with E-state index in [1.54, 1.807) is 30.7 Å². The number of ether oxygens (including phenoxy) is 1. The van der Waals surface area contributed by atoms with Crippen LogP contribution in [0.4, 0.5) is 5.82 Å². The van der Waals surface area contributed by atoms with Crippen LogP contribution in [-0.4, -0.2) is 17.9 Å². The molecule has 2 heterocycles. The van der Waals surface area contributed by atoms with Crippen molar-refractivity contribution in [3.63, 3.8) is 0 Å². The Labute approximate surface area is 178 Å². The average Bonchev–Trinajstić information content (AvgIpc) is 3.24. The van der Waals surface area contributed by atoms with Gasteiger partial charge in [0, 0.05) is 40.5 Å². The molecule has 4 aromatic rings. The number of anilines is 1. The summed E-state index contributed by atoms with van der Waals surface area (Å²) >= 11 is 1.59. The molecule has 0 bridgehead atoms. The second-order valence-corrected chi connectivity index (χ2v) is 7.58. The Balaban J connectivity index is 1.60. The van der Waals surface area contributed by atoms with Crippen LogP contribution in [0.1, 0.15) is 11.1 Å². The molecule has 0 unspecified atom stereocenters. The first-order valence-electron chi connectivity index (χ1n) is 9.48. The summed E-state index contributed by atoms with van der Waals surface area (Å²) in [5.74, 6) is 1.12. The number of likely N-dealkylation sites (N-methyl/N-ethyl adjacent to an activating group) is 1. The van der Waals surface area contributed by atoms with Crippen molar-refractivity contribution in [1.29, 1.82) is 0 Å². The van der Waals surface area contributed by atoms with Crippen molar-refractivity contribution in [1.82, 2.24) is 10.3 Å². The molecular weight excluding hydrogens is 394 g/mol. The Bertz CT molecular complexity index is 1200. The van der Waals surface area contributed by atoms with Crippen LogP contribution in [0.15, 0.2) is 72.3 Å². The van der Waals surface area contributed by atoms with Gasteiger partial charge in [-0.3, -0.25) is 4.79 Å². The summed E-state index contributed by atoms with van der Waals surface area (Å²) in [6.45, 7) is 0.527. The number of hydrogen-bond donors (Lipinski definition) is 2. The molecule has 30 heavy (non-hydrogen) atoms. The standard InChI is InChI=1S/C24H21N3O2S/c1-26-21(28)12-9-18-13-27-24(25)22-20(15-30-23(18)22)17-7-10-19(11-8-17)29-14-16-5-3-2-4-6-16/h2-13,15H,14H2,1H3,(H2,25,27)(H,26,28). The molecule has 0 spiro atoms. The molecule has 0 radical (unpaired) electrons. The molecule has 150 valence electrons. The van der Waals surface area contributed by atoms with E-state index in [4.69, 9.17) is 10.5 Å². The van der Waals surface area contributed by atoms with Crippen LogP contribution in [0, 0.1) is 0 Å². The van der Waals surface area contributed by atoms with Crippen LogP contribution in [0.5, 0.6) is 5.75 Å². The monoisotopic (exact) mass is 415 g/mol. The number of carbonyl (C=O) groups excluding carboxylic acids is 1. The van der Waals surface area contributed by atoms with Crippen LogP contribution in [0.3, 0.4) is 0 Å². The number of nitrogens with two attached hydrogens (primary N) is 1. The van der Waals surface area contributed by atoms with Gasteiger partial charge in [-0.1, -0.05) is 42.5 Å². The van der Waals surface area contributed by atoms with Gasteiger partial charge in [0.05, 0.1) is 0 Å². The highest BCUT2D eigenvalue weighted by atomic mass is 32.1. The maximum atomic E-state index is 11.5. The van der Waals surface area contributed by atoms with Gasteiger partial charge in [-0.05, 0) is 34.7 Å². The van der Waals surface area contributed by atoms with Crippen LogP contribution in [-0.2, 0) is 11.4 Å². The number of nitrogen functional groups attached to an aromatic ring is 1. The minimum atomic E-state index is -0.164. The molecule has 0 aliphatic heterocycles. The maximum Gasteiger partial charge on any atom is 0.243 e. The van der Waals surface area contributed by atoms with Crippen molar-refractivity contribution < 1.29 is 9.53 Å². The summed E-state index contributed by atoms with van der Waals surface area (Å²) in [4.78, 5) is 15.9. The molecule has 0 atom stereocenters. The van der Waals surface area contributed by atoms with E-state index in [9.17, 15) is 4.79 Å². The van der Waals surface area contributed by atoms with E-state index in [0.29, 0.717) is 12.4 Å². The minimum Gasteiger partial charge on any atom is -0.489 e.